The SMILES string of the molecule is CN(C)c1ccc(-c2cc3ncnc(N(CC4=COCO4)Cc4ccccc4)c3s2)cc1. The molecule has 0 spiro atoms. The van der Waals surface area contributed by atoms with E-state index in [2.05, 4.69) is 74.4 Å². The van der Waals surface area contributed by atoms with Gasteiger partial charge in [0.2, 0.25) is 6.79 Å². The lowest BCUT2D eigenvalue weighted by atomic mass is 10.1. The molecule has 0 N–H and O–H groups in total. The summed E-state index contributed by atoms with van der Waals surface area (Å²) in [5, 5.41) is 0. The van der Waals surface area contributed by atoms with Crippen LogP contribution in [0.1, 0.15) is 5.56 Å². The molecule has 0 unspecified atom stereocenters. The van der Waals surface area contributed by atoms with Gasteiger partial charge in [0, 0.05) is 31.2 Å². The molecule has 4 aromatic rings. The highest BCUT2D eigenvalue weighted by molar-refractivity contribution is 7.22. The van der Waals surface area contributed by atoms with Crippen molar-refractivity contribution in [2.75, 3.05) is 37.2 Å². The standard InChI is InChI=1S/C25H24N4O2S/c1-28(2)20-10-8-19(9-11-20)23-12-22-24(32-23)25(27-16-26-22)29(14-21-15-30-17-31-21)13-18-6-4-3-5-7-18/h3-12,15-16H,13-14,17H2,1-2H3. The predicted octanol–water partition coefficient (Wildman–Crippen LogP) is 5.28. The molecule has 0 atom stereocenters. The first-order valence-electron chi connectivity index (χ1n) is 10.4. The van der Waals surface area contributed by atoms with Gasteiger partial charge in [-0.2, -0.15) is 0 Å². The fraction of sp³-hybridized carbons (Fsp3) is 0.200. The summed E-state index contributed by atoms with van der Waals surface area (Å²) in [4.78, 5) is 14.7. The first kappa shape index (κ1) is 20.3. The maximum Gasteiger partial charge on any atom is 0.229 e. The highest BCUT2D eigenvalue weighted by Crippen LogP contribution is 2.38. The average Bonchev–Trinajstić information content (AvgIpc) is 3.49. The van der Waals surface area contributed by atoms with E-state index in [4.69, 9.17) is 9.47 Å². The molecule has 0 aliphatic carbocycles. The summed E-state index contributed by atoms with van der Waals surface area (Å²) < 4.78 is 12.0. The van der Waals surface area contributed by atoms with E-state index in [-0.39, 0.29) is 6.79 Å². The van der Waals surface area contributed by atoms with Gasteiger partial charge in [-0.1, -0.05) is 42.5 Å². The number of aromatic nitrogens is 2. The third-order valence-electron chi connectivity index (χ3n) is 5.35. The van der Waals surface area contributed by atoms with Crippen LogP contribution in [-0.2, 0) is 16.0 Å². The van der Waals surface area contributed by atoms with Gasteiger partial charge >= 0.3 is 0 Å². The monoisotopic (exact) mass is 444 g/mol. The number of ether oxygens (including phenoxy) is 2. The van der Waals surface area contributed by atoms with Crippen molar-refractivity contribution in [2.45, 2.75) is 6.54 Å². The summed E-state index contributed by atoms with van der Waals surface area (Å²) >= 11 is 1.72. The Morgan fingerprint density at radius 2 is 1.78 bits per heavy atom. The highest BCUT2D eigenvalue weighted by Gasteiger charge is 2.20. The molecule has 0 saturated carbocycles. The average molecular weight is 445 g/mol. The third kappa shape index (κ3) is 4.24. The van der Waals surface area contributed by atoms with E-state index in [0.717, 1.165) is 21.8 Å². The van der Waals surface area contributed by atoms with Crippen molar-refractivity contribution in [1.29, 1.82) is 0 Å². The Morgan fingerprint density at radius 1 is 0.969 bits per heavy atom. The Bertz CT molecular complexity index is 1240. The summed E-state index contributed by atoms with van der Waals surface area (Å²) in [5.74, 6) is 1.69. The molecular weight excluding hydrogens is 420 g/mol. The molecule has 6 nitrogen and oxygen atoms in total. The van der Waals surface area contributed by atoms with E-state index in [1.165, 1.54) is 21.7 Å². The number of hydrogen-bond donors (Lipinski definition) is 0. The smallest absolute Gasteiger partial charge is 0.229 e. The molecule has 162 valence electrons. The minimum Gasteiger partial charge on any atom is -0.462 e. The minimum absolute atomic E-state index is 0.264. The first-order valence-corrected chi connectivity index (χ1v) is 11.2. The van der Waals surface area contributed by atoms with Gasteiger partial charge in [0.15, 0.2) is 11.6 Å². The van der Waals surface area contributed by atoms with Crippen LogP contribution in [-0.4, -0.2) is 37.4 Å². The van der Waals surface area contributed by atoms with Crippen molar-refractivity contribution in [3.8, 4) is 10.4 Å². The summed E-state index contributed by atoms with van der Waals surface area (Å²) in [6.07, 6.45) is 3.32. The lowest BCUT2D eigenvalue weighted by Gasteiger charge is -2.24. The van der Waals surface area contributed by atoms with Gasteiger partial charge in [0.05, 0.1) is 16.8 Å². The van der Waals surface area contributed by atoms with E-state index in [1.54, 1.807) is 23.9 Å². The molecule has 7 heteroatoms. The zero-order chi connectivity index (χ0) is 21.9. The van der Waals surface area contributed by atoms with Gasteiger partial charge in [0.25, 0.3) is 0 Å². The second kappa shape index (κ2) is 8.88. The van der Waals surface area contributed by atoms with Crippen LogP contribution >= 0.6 is 11.3 Å². The number of fused-ring (bicyclic) bond motifs is 1. The summed E-state index contributed by atoms with van der Waals surface area (Å²) in [5.41, 5.74) is 4.50. The van der Waals surface area contributed by atoms with Gasteiger partial charge in [-0.3, -0.25) is 0 Å². The van der Waals surface area contributed by atoms with Crippen LogP contribution in [0, 0.1) is 0 Å². The van der Waals surface area contributed by atoms with Crippen molar-refractivity contribution >= 4 is 33.1 Å². The van der Waals surface area contributed by atoms with Crippen molar-refractivity contribution in [1.82, 2.24) is 9.97 Å². The second-order valence-corrected chi connectivity index (χ2v) is 8.87. The topological polar surface area (TPSA) is 50.7 Å². The Hall–Kier alpha value is -3.58. The maximum atomic E-state index is 5.61. The molecule has 1 aliphatic rings. The molecule has 0 radical (unpaired) electrons. The van der Waals surface area contributed by atoms with Crippen LogP contribution in [0.15, 0.2) is 79.0 Å². The molecule has 32 heavy (non-hydrogen) atoms. The highest BCUT2D eigenvalue weighted by atomic mass is 32.1. The minimum atomic E-state index is 0.264. The largest absolute Gasteiger partial charge is 0.462 e. The molecule has 0 bridgehead atoms. The molecule has 0 saturated heterocycles. The van der Waals surface area contributed by atoms with Crippen molar-refractivity contribution in [2.24, 2.45) is 0 Å². The molecule has 0 fully saturated rings. The van der Waals surface area contributed by atoms with Crippen molar-refractivity contribution in [3.05, 3.63) is 84.6 Å². The number of nitrogens with zero attached hydrogens (tertiary/aromatic N) is 4. The predicted molar refractivity (Wildman–Crippen MR) is 130 cm³/mol. The molecule has 2 aromatic heterocycles. The van der Waals surface area contributed by atoms with E-state index < -0.39 is 0 Å². The lowest BCUT2D eigenvalue weighted by Crippen LogP contribution is -2.26. The van der Waals surface area contributed by atoms with Gasteiger partial charge in [-0.05, 0) is 29.3 Å². The van der Waals surface area contributed by atoms with E-state index in [0.29, 0.717) is 13.1 Å². The van der Waals surface area contributed by atoms with Crippen LogP contribution in [0.5, 0.6) is 0 Å². The van der Waals surface area contributed by atoms with Gasteiger partial charge < -0.3 is 19.3 Å². The zero-order valence-corrected chi connectivity index (χ0v) is 18.9. The molecule has 3 heterocycles. The van der Waals surface area contributed by atoms with Gasteiger partial charge in [-0.15, -0.1) is 11.3 Å². The molecular formula is C25H24N4O2S. The van der Waals surface area contributed by atoms with Gasteiger partial charge in [-0.25, -0.2) is 9.97 Å². The van der Waals surface area contributed by atoms with Crippen LogP contribution in [0.3, 0.4) is 0 Å². The molecule has 0 amide bonds. The third-order valence-corrected chi connectivity index (χ3v) is 6.52. The van der Waals surface area contributed by atoms with Crippen LogP contribution in [0.2, 0.25) is 0 Å². The number of benzene rings is 2. The van der Waals surface area contributed by atoms with Crippen LogP contribution < -0.4 is 9.80 Å². The first-order chi connectivity index (χ1) is 15.7. The van der Waals surface area contributed by atoms with Crippen molar-refractivity contribution in [3.63, 3.8) is 0 Å². The fourth-order valence-corrected chi connectivity index (χ4v) is 4.82. The Labute approximate surface area is 191 Å². The van der Waals surface area contributed by atoms with E-state index >= 15 is 0 Å². The summed E-state index contributed by atoms with van der Waals surface area (Å²) in [6.45, 7) is 1.55. The lowest BCUT2D eigenvalue weighted by molar-refractivity contribution is 0.0797. The summed E-state index contributed by atoms with van der Waals surface area (Å²) in [7, 11) is 4.10. The Morgan fingerprint density at radius 3 is 2.50 bits per heavy atom. The van der Waals surface area contributed by atoms with Gasteiger partial charge in [0.1, 0.15) is 12.6 Å². The number of hydrogen-bond acceptors (Lipinski definition) is 7. The Kier molecular flexibility index (Phi) is 5.64. The fourth-order valence-electron chi connectivity index (χ4n) is 3.68. The molecule has 2 aromatic carbocycles. The quantitative estimate of drug-likeness (QED) is 0.387. The normalized spacial score (nSPS) is 12.9. The molecule has 5 rings (SSSR count). The number of anilines is 2. The van der Waals surface area contributed by atoms with E-state index in [1.807, 2.05) is 20.2 Å². The Balaban J connectivity index is 1.52. The summed E-state index contributed by atoms with van der Waals surface area (Å²) in [6, 6.07) is 21.1. The van der Waals surface area contributed by atoms with Crippen LogP contribution in [0.4, 0.5) is 11.5 Å². The van der Waals surface area contributed by atoms with Crippen molar-refractivity contribution < 1.29 is 9.47 Å². The number of thiophene rings is 1. The maximum absolute atomic E-state index is 5.61. The second-order valence-electron chi connectivity index (χ2n) is 7.82. The van der Waals surface area contributed by atoms with E-state index in [9.17, 15) is 0 Å². The van der Waals surface area contributed by atoms with Crippen LogP contribution in [0.25, 0.3) is 20.7 Å². The zero-order valence-electron chi connectivity index (χ0n) is 18.1. The number of rotatable bonds is 7. The molecule has 1 aliphatic heterocycles.